The van der Waals surface area contributed by atoms with Crippen LogP contribution in [-0.4, -0.2) is 37.5 Å². The van der Waals surface area contributed by atoms with E-state index in [9.17, 15) is 8.42 Å². The summed E-state index contributed by atoms with van der Waals surface area (Å²) in [6, 6.07) is 3.10. The molecule has 0 spiro atoms. The number of nitrogens with zero attached hydrogens (tertiary/aromatic N) is 1. The molecule has 90 valence electrons. The Morgan fingerprint density at radius 2 is 2.31 bits per heavy atom. The smallest absolute Gasteiger partial charge is 0.252 e. The maximum Gasteiger partial charge on any atom is 0.252 e. The minimum Gasteiger partial charge on any atom is -0.396 e. The number of halogens is 1. The molecule has 1 atom stereocenters. The zero-order chi connectivity index (χ0) is 11.8. The quantitative estimate of drug-likeness (QED) is 0.911. The molecule has 1 aromatic rings. The van der Waals surface area contributed by atoms with E-state index >= 15 is 0 Å². The van der Waals surface area contributed by atoms with Crippen molar-refractivity contribution in [1.82, 2.24) is 4.31 Å². The van der Waals surface area contributed by atoms with Crippen molar-refractivity contribution in [1.29, 1.82) is 0 Å². The van der Waals surface area contributed by atoms with Crippen LogP contribution < -0.4 is 0 Å². The lowest BCUT2D eigenvalue weighted by atomic mass is 10.1. The summed E-state index contributed by atoms with van der Waals surface area (Å²) in [6.45, 7) is 0.911. The second-order valence-corrected chi connectivity index (χ2v) is 7.64. The number of hydrogen-bond acceptors (Lipinski definition) is 4. The summed E-state index contributed by atoms with van der Waals surface area (Å²) >= 11 is 6.79. The topological polar surface area (TPSA) is 57.6 Å². The highest BCUT2D eigenvalue weighted by molar-refractivity contribution is 7.91. The lowest BCUT2D eigenvalue weighted by Gasteiger charge is -2.14. The summed E-state index contributed by atoms with van der Waals surface area (Å²) in [6.07, 6.45) is 0.717. The van der Waals surface area contributed by atoms with Gasteiger partial charge >= 0.3 is 0 Å². The molecule has 0 bridgehead atoms. The van der Waals surface area contributed by atoms with E-state index in [2.05, 4.69) is 0 Å². The Balaban J connectivity index is 2.21. The second kappa shape index (κ2) is 4.62. The van der Waals surface area contributed by atoms with E-state index in [-0.39, 0.29) is 16.7 Å². The van der Waals surface area contributed by atoms with Crippen molar-refractivity contribution >= 4 is 33.0 Å². The third-order valence-corrected chi connectivity index (χ3v) is 6.21. The molecule has 0 aromatic carbocycles. The van der Waals surface area contributed by atoms with Crippen molar-refractivity contribution in [2.24, 2.45) is 5.92 Å². The highest BCUT2D eigenvalue weighted by Crippen LogP contribution is 2.30. The monoisotopic (exact) mass is 281 g/mol. The van der Waals surface area contributed by atoms with Crippen molar-refractivity contribution in [2.45, 2.75) is 10.6 Å². The summed E-state index contributed by atoms with van der Waals surface area (Å²) in [5.74, 6) is 0.0604. The van der Waals surface area contributed by atoms with Gasteiger partial charge in [0.05, 0.1) is 4.34 Å². The van der Waals surface area contributed by atoms with Gasteiger partial charge in [0.25, 0.3) is 10.0 Å². The van der Waals surface area contributed by atoms with Crippen LogP contribution in [-0.2, 0) is 10.0 Å². The molecule has 4 nitrogen and oxygen atoms in total. The largest absolute Gasteiger partial charge is 0.396 e. The van der Waals surface area contributed by atoms with E-state index in [0.717, 1.165) is 17.8 Å². The van der Waals surface area contributed by atoms with E-state index in [4.69, 9.17) is 16.7 Å². The highest BCUT2D eigenvalue weighted by Gasteiger charge is 2.32. The Bertz CT molecular complexity index is 471. The van der Waals surface area contributed by atoms with Gasteiger partial charge in [-0.25, -0.2) is 8.42 Å². The summed E-state index contributed by atoms with van der Waals surface area (Å²) in [4.78, 5) is 0. The molecule has 2 rings (SSSR count). The maximum atomic E-state index is 12.1. The Kier molecular flexibility index (Phi) is 3.56. The minimum absolute atomic E-state index is 0.0389. The number of sulfonamides is 1. The Morgan fingerprint density at radius 1 is 1.56 bits per heavy atom. The fourth-order valence-corrected chi connectivity index (χ4v) is 4.90. The first-order valence-electron chi connectivity index (χ1n) is 4.90. The lowest BCUT2D eigenvalue weighted by Crippen LogP contribution is -2.28. The predicted molar refractivity (Wildman–Crippen MR) is 63.3 cm³/mol. The van der Waals surface area contributed by atoms with Gasteiger partial charge in [0.15, 0.2) is 0 Å². The van der Waals surface area contributed by atoms with Crippen LogP contribution in [0.4, 0.5) is 0 Å². The van der Waals surface area contributed by atoms with Gasteiger partial charge in [0, 0.05) is 19.7 Å². The second-order valence-electron chi connectivity index (χ2n) is 3.76. The third kappa shape index (κ3) is 2.26. The first-order chi connectivity index (χ1) is 7.54. The number of thiophene rings is 1. The molecule has 1 aliphatic heterocycles. The maximum absolute atomic E-state index is 12.1. The molecular formula is C9H12ClNO3S2. The first-order valence-corrected chi connectivity index (χ1v) is 7.54. The van der Waals surface area contributed by atoms with Crippen molar-refractivity contribution in [3.05, 3.63) is 16.5 Å². The van der Waals surface area contributed by atoms with Gasteiger partial charge < -0.3 is 5.11 Å². The lowest BCUT2D eigenvalue weighted by molar-refractivity contribution is 0.233. The van der Waals surface area contributed by atoms with Crippen molar-refractivity contribution in [3.63, 3.8) is 0 Å². The van der Waals surface area contributed by atoms with Crippen LogP contribution in [0.15, 0.2) is 16.3 Å². The van der Waals surface area contributed by atoms with Gasteiger partial charge in [-0.3, -0.25) is 0 Å². The van der Waals surface area contributed by atoms with Gasteiger partial charge in [0.1, 0.15) is 4.21 Å². The summed E-state index contributed by atoms with van der Waals surface area (Å²) < 4.78 is 26.4. The molecule has 1 aromatic heterocycles. The molecule has 1 fully saturated rings. The molecule has 1 saturated heterocycles. The normalized spacial score (nSPS) is 22.8. The van der Waals surface area contributed by atoms with Crippen LogP contribution in [0, 0.1) is 5.92 Å². The van der Waals surface area contributed by atoms with Gasteiger partial charge in [-0.1, -0.05) is 11.6 Å². The number of aliphatic hydroxyl groups excluding tert-OH is 1. The molecule has 0 amide bonds. The highest BCUT2D eigenvalue weighted by atomic mass is 35.5. The van der Waals surface area contributed by atoms with Gasteiger partial charge in [-0.05, 0) is 24.5 Å². The zero-order valence-corrected chi connectivity index (χ0v) is 10.9. The molecule has 0 radical (unpaired) electrons. The SMILES string of the molecule is O=S(=O)(c1ccc(Cl)s1)N1CCC(CO)C1. The Hall–Kier alpha value is -0.140. The van der Waals surface area contributed by atoms with Crippen LogP contribution in [0.3, 0.4) is 0 Å². The summed E-state index contributed by atoms with van der Waals surface area (Å²) in [5, 5.41) is 8.98. The standard InChI is InChI=1S/C9H12ClNO3S2/c10-8-1-2-9(15-8)16(13,14)11-4-3-7(5-11)6-12/h1-2,7,12H,3-6H2. The molecule has 16 heavy (non-hydrogen) atoms. The third-order valence-electron chi connectivity index (χ3n) is 2.65. The van der Waals surface area contributed by atoms with Crippen molar-refractivity contribution in [2.75, 3.05) is 19.7 Å². The van der Waals surface area contributed by atoms with Crippen LogP contribution >= 0.6 is 22.9 Å². The molecule has 1 N–H and O–H groups in total. The molecular weight excluding hydrogens is 270 g/mol. The number of hydrogen-bond donors (Lipinski definition) is 1. The molecule has 1 unspecified atom stereocenters. The summed E-state index contributed by atoms with van der Waals surface area (Å²) in [5.41, 5.74) is 0. The fourth-order valence-electron chi connectivity index (χ4n) is 1.73. The van der Waals surface area contributed by atoms with E-state index in [1.165, 1.54) is 10.4 Å². The van der Waals surface area contributed by atoms with Crippen LogP contribution in [0.25, 0.3) is 0 Å². The molecule has 2 heterocycles. The molecule has 7 heteroatoms. The van der Waals surface area contributed by atoms with Gasteiger partial charge in [0.2, 0.25) is 0 Å². The van der Waals surface area contributed by atoms with E-state index in [1.54, 1.807) is 6.07 Å². The average Bonchev–Trinajstić information content (AvgIpc) is 2.85. The van der Waals surface area contributed by atoms with Crippen LogP contribution in [0.5, 0.6) is 0 Å². The van der Waals surface area contributed by atoms with Crippen molar-refractivity contribution < 1.29 is 13.5 Å². The number of rotatable bonds is 3. The van der Waals surface area contributed by atoms with Gasteiger partial charge in [-0.2, -0.15) is 4.31 Å². The molecule has 0 aliphatic carbocycles. The average molecular weight is 282 g/mol. The Morgan fingerprint density at radius 3 is 2.81 bits per heavy atom. The van der Waals surface area contributed by atoms with Gasteiger partial charge in [-0.15, -0.1) is 11.3 Å². The van der Waals surface area contributed by atoms with E-state index < -0.39 is 10.0 Å². The minimum atomic E-state index is -3.40. The van der Waals surface area contributed by atoms with Crippen molar-refractivity contribution in [3.8, 4) is 0 Å². The zero-order valence-electron chi connectivity index (χ0n) is 8.47. The van der Waals surface area contributed by atoms with E-state index in [1.807, 2.05) is 0 Å². The number of aliphatic hydroxyl groups is 1. The van der Waals surface area contributed by atoms with Crippen LogP contribution in [0.2, 0.25) is 4.34 Å². The first kappa shape index (κ1) is 12.3. The van der Waals surface area contributed by atoms with E-state index in [0.29, 0.717) is 17.4 Å². The Labute approximate surface area is 104 Å². The van der Waals surface area contributed by atoms with Crippen LogP contribution in [0.1, 0.15) is 6.42 Å². The summed E-state index contributed by atoms with van der Waals surface area (Å²) in [7, 11) is -3.40. The molecule has 0 saturated carbocycles. The predicted octanol–water partition coefficient (Wildman–Crippen LogP) is 1.40. The fraction of sp³-hybridized carbons (Fsp3) is 0.556. The molecule has 1 aliphatic rings.